The molecule has 17 heavy (non-hydrogen) atoms. The van der Waals surface area contributed by atoms with Gasteiger partial charge in [-0.15, -0.1) is 0 Å². The van der Waals surface area contributed by atoms with Crippen LogP contribution >= 0.6 is 0 Å². The molecule has 0 aromatic carbocycles. The Balaban J connectivity index is 1.95. The second-order valence-electron chi connectivity index (χ2n) is 5.67. The summed E-state index contributed by atoms with van der Waals surface area (Å²) >= 11 is 0. The molecule has 1 saturated carbocycles. The lowest BCUT2D eigenvalue weighted by Crippen LogP contribution is -2.36. The quantitative estimate of drug-likeness (QED) is 0.709. The minimum Gasteiger partial charge on any atom is -0.429 e. The van der Waals surface area contributed by atoms with Crippen LogP contribution in [0.3, 0.4) is 0 Å². The molecular weight excluding hydrogens is 216 g/mol. The molecular formula is C14H22O3. The van der Waals surface area contributed by atoms with Crippen molar-refractivity contribution in [3.8, 4) is 0 Å². The van der Waals surface area contributed by atoms with Crippen molar-refractivity contribution in [1.82, 2.24) is 0 Å². The summed E-state index contributed by atoms with van der Waals surface area (Å²) in [4.78, 5) is 11.0. The third-order valence-corrected chi connectivity index (χ3v) is 3.89. The first-order valence-electron chi connectivity index (χ1n) is 6.60. The standard InChI is InChI=1S/C14H22O3/c1-9(2)11-5-4-10(3)8-12(11)16-14-7-6-13(15)17-14/h6-7,9-12,14H,4-5,8H2,1-3H3. The molecule has 0 N–H and O–H groups in total. The van der Waals surface area contributed by atoms with Gasteiger partial charge >= 0.3 is 5.97 Å². The zero-order valence-corrected chi connectivity index (χ0v) is 10.9. The Kier molecular flexibility index (Phi) is 3.87. The average Bonchev–Trinajstić information content (AvgIpc) is 2.63. The Morgan fingerprint density at radius 3 is 2.76 bits per heavy atom. The lowest BCUT2D eigenvalue weighted by atomic mass is 9.75. The Morgan fingerprint density at radius 2 is 2.18 bits per heavy atom. The van der Waals surface area contributed by atoms with Crippen LogP contribution in [0.4, 0.5) is 0 Å². The van der Waals surface area contributed by atoms with Gasteiger partial charge in [0, 0.05) is 6.08 Å². The first-order chi connectivity index (χ1) is 8.06. The van der Waals surface area contributed by atoms with Crippen molar-refractivity contribution in [3.05, 3.63) is 12.2 Å². The molecule has 0 radical (unpaired) electrons. The Bertz CT molecular complexity index is 309. The topological polar surface area (TPSA) is 35.5 Å². The Hall–Kier alpha value is -0.830. The van der Waals surface area contributed by atoms with E-state index in [1.54, 1.807) is 6.08 Å². The van der Waals surface area contributed by atoms with Crippen molar-refractivity contribution >= 4 is 5.97 Å². The van der Waals surface area contributed by atoms with Gasteiger partial charge in [0.2, 0.25) is 6.29 Å². The summed E-state index contributed by atoms with van der Waals surface area (Å²) in [6.07, 6.45) is 6.49. The van der Waals surface area contributed by atoms with E-state index in [2.05, 4.69) is 20.8 Å². The van der Waals surface area contributed by atoms with Gasteiger partial charge in [0.05, 0.1) is 6.10 Å². The molecule has 3 heteroatoms. The minimum absolute atomic E-state index is 0.222. The molecule has 4 atom stereocenters. The average molecular weight is 238 g/mol. The number of carbonyl (C=O) groups is 1. The molecule has 96 valence electrons. The zero-order valence-electron chi connectivity index (χ0n) is 10.9. The smallest absolute Gasteiger partial charge is 0.333 e. The van der Waals surface area contributed by atoms with E-state index in [9.17, 15) is 4.79 Å². The third kappa shape index (κ3) is 3.09. The maximum absolute atomic E-state index is 11.0. The van der Waals surface area contributed by atoms with Gasteiger partial charge in [-0.05, 0) is 36.7 Å². The zero-order chi connectivity index (χ0) is 12.4. The summed E-state index contributed by atoms with van der Waals surface area (Å²) in [7, 11) is 0. The van der Waals surface area contributed by atoms with Crippen molar-refractivity contribution in [2.24, 2.45) is 17.8 Å². The number of cyclic esters (lactones) is 1. The molecule has 1 heterocycles. The van der Waals surface area contributed by atoms with Gasteiger partial charge in [-0.2, -0.15) is 0 Å². The number of hydrogen-bond acceptors (Lipinski definition) is 3. The highest BCUT2D eigenvalue weighted by molar-refractivity contribution is 5.84. The van der Waals surface area contributed by atoms with E-state index in [1.807, 2.05) is 0 Å². The van der Waals surface area contributed by atoms with Crippen LogP contribution in [0.1, 0.15) is 40.0 Å². The van der Waals surface area contributed by atoms with Gasteiger partial charge in [-0.25, -0.2) is 4.79 Å². The van der Waals surface area contributed by atoms with Crippen LogP contribution in [0.25, 0.3) is 0 Å². The first-order valence-corrected chi connectivity index (χ1v) is 6.60. The maximum atomic E-state index is 11.0. The fourth-order valence-electron chi connectivity index (χ4n) is 2.87. The molecule has 4 unspecified atom stereocenters. The Morgan fingerprint density at radius 1 is 1.41 bits per heavy atom. The normalized spacial score (nSPS) is 37.5. The summed E-state index contributed by atoms with van der Waals surface area (Å²) in [5, 5.41) is 0. The monoisotopic (exact) mass is 238 g/mol. The van der Waals surface area contributed by atoms with Crippen molar-refractivity contribution < 1.29 is 14.3 Å². The van der Waals surface area contributed by atoms with Gasteiger partial charge in [0.25, 0.3) is 0 Å². The van der Waals surface area contributed by atoms with E-state index in [1.165, 1.54) is 18.9 Å². The summed E-state index contributed by atoms with van der Waals surface area (Å²) in [5.74, 6) is 1.61. The van der Waals surface area contributed by atoms with E-state index >= 15 is 0 Å². The lowest BCUT2D eigenvalue weighted by molar-refractivity contribution is -0.178. The SMILES string of the molecule is CC1CCC(C(C)C)C(OC2C=CC(=O)O2)C1. The minimum atomic E-state index is -0.459. The van der Waals surface area contributed by atoms with Gasteiger partial charge in [-0.1, -0.05) is 27.2 Å². The molecule has 0 bridgehead atoms. The van der Waals surface area contributed by atoms with Gasteiger partial charge in [-0.3, -0.25) is 0 Å². The van der Waals surface area contributed by atoms with Crippen LogP contribution in [0, 0.1) is 17.8 Å². The second-order valence-corrected chi connectivity index (χ2v) is 5.67. The molecule has 1 aliphatic heterocycles. The number of rotatable bonds is 3. The fourth-order valence-corrected chi connectivity index (χ4v) is 2.87. The van der Waals surface area contributed by atoms with Crippen LogP contribution in [0.5, 0.6) is 0 Å². The highest BCUT2D eigenvalue weighted by Gasteiger charge is 2.34. The van der Waals surface area contributed by atoms with Crippen LogP contribution in [-0.2, 0) is 14.3 Å². The van der Waals surface area contributed by atoms with E-state index < -0.39 is 6.29 Å². The van der Waals surface area contributed by atoms with Crippen molar-refractivity contribution in [3.63, 3.8) is 0 Å². The number of hydrogen-bond donors (Lipinski definition) is 0. The maximum Gasteiger partial charge on any atom is 0.333 e. The largest absolute Gasteiger partial charge is 0.429 e. The van der Waals surface area contributed by atoms with E-state index in [0.717, 1.165) is 6.42 Å². The highest BCUT2D eigenvalue weighted by atomic mass is 16.7. The fraction of sp³-hybridized carbons (Fsp3) is 0.786. The molecule has 0 saturated heterocycles. The molecule has 2 rings (SSSR count). The molecule has 0 spiro atoms. The summed E-state index contributed by atoms with van der Waals surface area (Å²) in [6.45, 7) is 6.75. The summed E-state index contributed by atoms with van der Waals surface area (Å²) in [5.41, 5.74) is 0. The number of esters is 1. The van der Waals surface area contributed by atoms with Crippen LogP contribution in [0.2, 0.25) is 0 Å². The molecule has 1 fully saturated rings. The summed E-state index contributed by atoms with van der Waals surface area (Å²) in [6, 6.07) is 0. The van der Waals surface area contributed by atoms with Gasteiger partial charge in [0.15, 0.2) is 0 Å². The predicted molar refractivity (Wildman–Crippen MR) is 65.2 cm³/mol. The van der Waals surface area contributed by atoms with Crippen LogP contribution in [-0.4, -0.2) is 18.4 Å². The van der Waals surface area contributed by atoms with Crippen molar-refractivity contribution in [2.75, 3.05) is 0 Å². The third-order valence-electron chi connectivity index (χ3n) is 3.89. The predicted octanol–water partition coefficient (Wildman–Crippen LogP) is 2.90. The van der Waals surface area contributed by atoms with E-state index in [-0.39, 0.29) is 12.1 Å². The Labute approximate surface area is 103 Å². The van der Waals surface area contributed by atoms with E-state index in [0.29, 0.717) is 17.8 Å². The molecule has 2 aliphatic rings. The molecule has 0 amide bonds. The second kappa shape index (κ2) is 5.21. The summed E-state index contributed by atoms with van der Waals surface area (Å²) < 4.78 is 11.0. The molecule has 1 aliphatic carbocycles. The van der Waals surface area contributed by atoms with Gasteiger partial charge in [0.1, 0.15) is 0 Å². The van der Waals surface area contributed by atoms with Crippen molar-refractivity contribution in [2.45, 2.75) is 52.4 Å². The number of ether oxygens (including phenoxy) is 2. The lowest BCUT2D eigenvalue weighted by Gasteiger charge is -2.37. The van der Waals surface area contributed by atoms with Gasteiger partial charge < -0.3 is 9.47 Å². The first kappa shape index (κ1) is 12.6. The van der Waals surface area contributed by atoms with Crippen molar-refractivity contribution in [1.29, 1.82) is 0 Å². The molecule has 3 nitrogen and oxygen atoms in total. The molecule has 0 aromatic rings. The number of carbonyl (C=O) groups excluding carboxylic acids is 1. The van der Waals surface area contributed by atoms with E-state index in [4.69, 9.17) is 9.47 Å². The van der Waals surface area contributed by atoms with Crippen LogP contribution < -0.4 is 0 Å². The molecule has 0 aromatic heterocycles. The highest BCUT2D eigenvalue weighted by Crippen LogP contribution is 2.36. The van der Waals surface area contributed by atoms with Crippen LogP contribution in [0.15, 0.2) is 12.2 Å².